The zero-order valence-corrected chi connectivity index (χ0v) is 76.2. The molecular formula is C92H189F3N8O3. The molecule has 14 heteroatoms. The molecule has 0 aliphatic carbocycles. The molecule has 11 nitrogen and oxygen atoms in total. The van der Waals surface area contributed by atoms with Gasteiger partial charge in [0.15, 0.2) is 0 Å². The first-order chi connectivity index (χ1) is 49.0. The Kier molecular flexibility index (Phi) is 52.9. The molecule has 4 unspecified atom stereocenters. The SMILES string of the molecule is CC(C)(C)CCN1CCC(F)CC1.CC(C)(C)CCN1CCCC(F)C1.CC(C)(C)CCN1CCCC(O)C1.CC(C)(C)CCN1CCCCC(F)C1.CC(C)(C)CCN1CCCCCC1.CC(C)(C)CCN1CCCOCC1.CC1CCN(CCC(C)(C)C)CC1.COC1CCCN(CCC(C)(C)C)C1. The van der Waals surface area contributed by atoms with Gasteiger partial charge < -0.3 is 53.8 Å². The van der Waals surface area contributed by atoms with E-state index in [9.17, 15) is 18.3 Å². The van der Waals surface area contributed by atoms with E-state index < -0.39 is 18.5 Å². The molecule has 0 radical (unpaired) electrons. The van der Waals surface area contributed by atoms with Crippen LogP contribution in [0.2, 0.25) is 0 Å². The van der Waals surface area contributed by atoms with Crippen molar-refractivity contribution in [2.75, 3.05) is 177 Å². The van der Waals surface area contributed by atoms with Crippen molar-refractivity contribution in [2.24, 2.45) is 49.2 Å². The van der Waals surface area contributed by atoms with E-state index in [0.717, 1.165) is 142 Å². The molecule has 4 atom stereocenters. The zero-order chi connectivity index (χ0) is 80.3. The summed E-state index contributed by atoms with van der Waals surface area (Å²) in [7, 11) is 1.83. The highest BCUT2D eigenvalue weighted by molar-refractivity contribution is 4.80. The lowest BCUT2D eigenvalue weighted by atomic mass is 9.91. The van der Waals surface area contributed by atoms with Crippen LogP contribution in [0.5, 0.6) is 0 Å². The molecule has 8 saturated heterocycles. The van der Waals surface area contributed by atoms with Gasteiger partial charge in [-0.05, 0) is 308 Å². The van der Waals surface area contributed by atoms with Gasteiger partial charge in [-0.1, -0.05) is 186 Å². The summed E-state index contributed by atoms with van der Waals surface area (Å²) in [5.74, 6) is 0.964. The largest absolute Gasteiger partial charge is 0.392 e. The number of hydrogen-bond donors (Lipinski definition) is 1. The molecule has 0 spiro atoms. The normalized spacial score (nSPS) is 23.9. The molecule has 8 rings (SSSR count). The van der Waals surface area contributed by atoms with Gasteiger partial charge in [0.25, 0.3) is 0 Å². The molecular weight excluding hydrogens is 1320 g/mol. The lowest BCUT2D eigenvalue weighted by molar-refractivity contribution is 0.0280. The maximum atomic E-state index is 13.3. The molecule has 8 aliphatic rings. The van der Waals surface area contributed by atoms with Crippen molar-refractivity contribution >= 4 is 0 Å². The Bertz CT molecular complexity index is 1900. The predicted octanol–water partition coefficient (Wildman–Crippen LogP) is 22.0. The number of likely N-dealkylation sites (tertiary alicyclic amines) is 7. The van der Waals surface area contributed by atoms with Crippen LogP contribution >= 0.6 is 0 Å². The Morgan fingerprint density at radius 1 is 0.283 bits per heavy atom. The number of alkyl halides is 3. The Morgan fingerprint density at radius 3 is 0.934 bits per heavy atom. The Balaban J connectivity index is 0.000000606. The second-order valence-electron chi connectivity index (χ2n) is 43.9. The quantitative estimate of drug-likeness (QED) is 0.151. The highest BCUT2D eigenvalue weighted by atomic mass is 19.1. The van der Waals surface area contributed by atoms with Crippen molar-refractivity contribution in [1.82, 2.24) is 39.2 Å². The van der Waals surface area contributed by atoms with Crippen LogP contribution in [-0.2, 0) is 9.47 Å². The summed E-state index contributed by atoms with van der Waals surface area (Å²) in [6.07, 6.45) is 29.4. The first kappa shape index (κ1) is 103. The summed E-state index contributed by atoms with van der Waals surface area (Å²) < 4.78 is 49.9. The van der Waals surface area contributed by atoms with Crippen LogP contribution in [0.1, 0.15) is 340 Å². The van der Waals surface area contributed by atoms with Crippen molar-refractivity contribution in [3.05, 3.63) is 0 Å². The van der Waals surface area contributed by atoms with Gasteiger partial charge in [-0.3, -0.25) is 0 Å². The standard InChI is InChI=1S/C12H24FN.C12H25NO.2C12H25N.2C11H22FN.2C11H23NO/c1-12(2,3)7-9-14-8-5-4-6-11(13)10-14;1-12(2,3)7-9-13-8-5-6-11(10-13)14-4;1-11-5-8-13(9-6-11)10-7-12(2,3)4;1-12(2,3)8-11-13-9-6-4-5-7-10-13;1-11(2,3)6-9-13-7-4-10(12)5-8-13;1-11(2,3)6-8-13-7-4-5-10(12)9-13;1-11(2,3)5-7-12-6-4-9-13-10-8-12;1-11(2,3)6-8-12-7-4-5-10(13)9-12/h11H,4-10H2,1-3H3;11H,5-10H2,1-4H3;11H,5-10H2,1-4H3;4-11H2,1-3H3;2*10H,4-9H2,1-3H3;4-10H2,1-3H3;10,13H,4-9H2,1-3H3. The molecule has 8 heterocycles. The Hall–Kier alpha value is -0.650. The van der Waals surface area contributed by atoms with Gasteiger partial charge in [-0.2, -0.15) is 0 Å². The third kappa shape index (κ3) is 65.7. The number of nitrogens with zero attached hydrogens (tertiary/aromatic N) is 8. The van der Waals surface area contributed by atoms with Gasteiger partial charge in [-0.15, -0.1) is 0 Å². The fraction of sp³-hybridized carbons (Fsp3) is 1.00. The zero-order valence-electron chi connectivity index (χ0n) is 76.2. The second kappa shape index (κ2) is 54.2. The maximum Gasteiger partial charge on any atom is 0.113 e. The van der Waals surface area contributed by atoms with Gasteiger partial charge in [0.2, 0.25) is 0 Å². The molecule has 636 valence electrons. The summed E-state index contributed by atoms with van der Waals surface area (Å²) >= 11 is 0. The van der Waals surface area contributed by atoms with E-state index in [0.29, 0.717) is 62.5 Å². The molecule has 0 aromatic heterocycles. The second-order valence-corrected chi connectivity index (χ2v) is 43.9. The summed E-state index contributed by atoms with van der Waals surface area (Å²) in [5, 5.41) is 9.47. The Labute approximate surface area is 661 Å². The van der Waals surface area contributed by atoms with E-state index in [1.54, 1.807) is 0 Å². The number of aliphatic hydroxyl groups is 1. The third-order valence-corrected chi connectivity index (χ3v) is 22.3. The maximum absolute atomic E-state index is 13.3. The number of halogens is 3. The van der Waals surface area contributed by atoms with Crippen molar-refractivity contribution in [2.45, 2.75) is 371 Å². The topological polar surface area (TPSA) is 64.6 Å². The van der Waals surface area contributed by atoms with Crippen molar-refractivity contribution in [3.8, 4) is 0 Å². The van der Waals surface area contributed by atoms with Gasteiger partial charge in [0.05, 0.1) is 18.8 Å². The minimum Gasteiger partial charge on any atom is -0.392 e. The van der Waals surface area contributed by atoms with Crippen molar-refractivity contribution < 1.29 is 27.8 Å². The molecule has 0 amide bonds. The van der Waals surface area contributed by atoms with Crippen molar-refractivity contribution in [3.63, 3.8) is 0 Å². The fourth-order valence-corrected chi connectivity index (χ4v) is 14.0. The summed E-state index contributed by atoms with van der Waals surface area (Å²) in [6.45, 7) is 86.2. The average Bonchev–Trinajstić information content (AvgIpc) is 1.26. The first-order valence-electron chi connectivity index (χ1n) is 44.5. The van der Waals surface area contributed by atoms with Gasteiger partial charge in [-0.25, -0.2) is 13.2 Å². The van der Waals surface area contributed by atoms with Crippen LogP contribution in [0, 0.1) is 49.2 Å². The minimum absolute atomic E-state index is 0.0753. The molecule has 0 bridgehead atoms. The Morgan fingerprint density at radius 2 is 0.566 bits per heavy atom. The molecule has 8 fully saturated rings. The van der Waals surface area contributed by atoms with Gasteiger partial charge in [0, 0.05) is 66.1 Å². The summed E-state index contributed by atoms with van der Waals surface area (Å²) in [4.78, 5) is 19.7. The molecule has 0 saturated carbocycles. The molecule has 0 aromatic carbocycles. The van der Waals surface area contributed by atoms with E-state index in [1.165, 1.54) is 188 Å². The van der Waals surface area contributed by atoms with Crippen LogP contribution in [-0.4, -0.2) is 252 Å². The molecule has 0 aromatic rings. The number of aliphatic hydroxyl groups excluding tert-OH is 1. The van der Waals surface area contributed by atoms with Crippen LogP contribution < -0.4 is 0 Å². The predicted molar refractivity (Wildman–Crippen MR) is 459 cm³/mol. The van der Waals surface area contributed by atoms with Crippen LogP contribution in [0.4, 0.5) is 13.2 Å². The molecule has 106 heavy (non-hydrogen) atoms. The van der Waals surface area contributed by atoms with Crippen LogP contribution in [0.3, 0.4) is 0 Å². The average molecular weight is 1510 g/mol. The lowest BCUT2D eigenvalue weighted by Crippen LogP contribution is -2.40. The van der Waals surface area contributed by atoms with Crippen LogP contribution in [0.25, 0.3) is 0 Å². The van der Waals surface area contributed by atoms with E-state index >= 15 is 0 Å². The lowest BCUT2D eigenvalue weighted by Gasteiger charge is -2.33. The van der Waals surface area contributed by atoms with Gasteiger partial charge >= 0.3 is 0 Å². The van der Waals surface area contributed by atoms with E-state index in [4.69, 9.17) is 9.47 Å². The number of piperidine rings is 5. The molecule has 8 aliphatic heterocycles. The third-order valence-electron chi connectivity index (χ3n) is 22.3. The highest BCUT2D eigenvalue weighted by Crippen LogP contribution is 2.28. The number of ether oxygens (including phenoxy) is 2. The van der Waals surface area contributed by atoms with E-state index in [2.05, 4.69) is 212 Å². The minimum atomic E-state index is -0.586. The van der Waals surface area contributed by atoms with Gasteiger partial charge in [0.1, 0.15) is 18.5 Å². The van der Waals surface area contributed by atoms with E-state index in [-0.39, 0.29) is 6.10 Å². The summed E-state index contributed by atoms with van der Waals surface area (Å²) in [6, 6.07) is 0. The number of methoxy groups -OCH3 is 1. The fourth-order valence-electron chi connectivity index (χ4n) is 14.0. The monoisotopic (exact) mass is 1510 g/mol. The smallest absolute Gasteiger partial charge is 0.113 e. The number of rotatable bonds is 17. The molecule has 1 N–H and O–H groups in total. The van der Waals surface area contributed by atoms with E-state index in [1.807, 2.05) is 7.11 Å². The number of β-amino-alcohol motifs (C(OH)–C–C–N with tert-alkyl or cyclic N) is 1. The first-order valence-corrected chi connectivity index (χ1v) is 44.5. The number of hydrogen-bond acceptors (Lipinski definition) is 11. The van der Waals surface area contributed by atoms with Crippen LogP contribution in [0.15, 0.2) is 0 Å². The highest BCUT2D eigenvalue weighted by Gasteiger charge is 2.27. The van der Waals surface area contributed by atoms with Crippen molar-refractivity contribution in [1.29, 1.82) is 0 Å². The summed E-state index contributed by atoms with van der Waals surface area (Å²) in [5.41, 5.74) is 3.51.